The number of carbonyl (C=O) groups is 4. The van der Waals surface area contributed by atoms with Crippen LogP contribution in [0.25, 0.3) is 0 Å². The highest BCUT2D eigenvalue weighted by Gasteiger charge is 2.59. The van der Waals surface area contributed by atoms with Crippen LogP contribution in [-0.2, 0) is 38.1 Å². The molecule has 0 saturated carbocycles. The maximum absolute atomic E-state index is 11.5. The molecule has 0 aromatic rings. The topological polar surface area (TPSA) is 105 Å². The minimum absolute atomic E-state index is 0.0375. The normalized spacial score (nSPS) is 28.4. The molecule has 0 spiro atoms. The van der Waals surface area contributed by atoms with E-state index in [1.54, 1.807) is 0 Å². The number of rotatable bonds is 7. The van der Waals surface area contributed by atoms with Gasteiger partial charge in [-0.3, -0.25) is 19.2 Å². The molecule has 0 aliphatic carbocycles. The van der Waals surface area contributed by atoms with Crippen LogP contribution in [0.3, 0.4) is 0 Å². The molecule has 0 unspecified atom stereocenters. The second kappa shape index (κ2) is 9.56. The fraction of sp³-hybridized carbons (Fsp3) is 0.733. The maximum atomic E-state index is 11.5. The standard InChI is InChI=1S/C15H22O8S2/c1-8(16)21-13-12(6-24-10(3)18)23-15(20-5,7-25-11(4)19)14(13)22-9(2)17/h12-14H,6-7H2,1-5H3/t12-,13-,14+,15-/m1/s1. The Morgan fingerprint density at radius 1 is 0.960 bits per heavy atom. The summed E-state index contributed by atoms with van der Waals surface area (Å²) in [5.41, 5.74) is 0. The first-order valence-corrected chi connectivity index (χ1v) is 9.42. The van der Waals surface area contributed by atoms with Crippen molar-refractivity contribution in [1.29, 1.82) is 0 Å². The first-order chi connectivity index (χ1) is 11.6. The van der Waals surface area contributed by atoms with Gasteiger partial charge < -0.3 is 18.9 Å². The minimum Gasteiger partial charge on any atom is -0.456 e. The summed E-state index contributed by atoms with van der Waals surface area (Å²) < 4.78 is 22.0. The molecule has 1 aliphatic rings. The summed E-state index contributed by atoms with van der Waals surface area (Å²) in [5, 5.41) is -0.311. The Hall–Kier alpha value is -1.10. The van der Waals surface area contributed by atoms with Crippen LogP contribution in [-0.4, -0.2) is 64.9 Å². The van der Waals surface area contributed by atoms with E-state index in [4.69, 9.17) is 18.9 Å². The Balaban J connectivity index is 3.17. The summed E-state index contributed by atoms with van der Waals surface area (Å²) in [6.45, 7) is 5.22. The van der Waals surface area contributed by atoms with Gasteiger partial charge in [-0.1, -0.05) is 23.5 Å². The van der Waals surface area contributed by atoms with Crippen molar-refractivity contribution in [3.05, 3.63) is 0 Å². The highest BCUT2D eigenvalue weighted by atomic mass is 32.2. The van der Waals surface area contributed by atoms with Crippen LogP contribution in [0, 0.1) is 0 Å². The molecule has 1 rings (SSSR count). The van der Waals surface area contributed by atoms with Gasteiger partial charge in [-0.2, -0.15) is 0 Å². The van der Waals surface area contributed by atoms with E-state index in [0.29, 0.717) is 0 Å². The summed E-state index contributed by atoms with van der Waals surface area (Å²) in [5.74, 6) is -2.45. The van der Waals surface area contributed by atoms with Gasteiger partial charge >= 0.3 is 11.9 Å². The zero-order valence-corrected chi connectivity index (χ0v) is 16.4. The van der Waals surface area contributed by atoms with Gasteiger partial charge in [-0.15, -0.1) is 0 Å². The Bertz CT molecular complexity index is 538. The molecule has 25 heavy (non-hydrogen) atoms. The van der Waals surface area contributed by atoms with E-state index in [0.717, 1.165) is 23.5 Å². The molecule has 8 nitrogen and oxygen atoms in total. The maximum Gasteiger partial charge on any atom is 0.303 e. The highest BCUT2D eigenvalue weighted by Crippen LogP contribution is 2.40. The second-order valence-electron chi connectivity index (χ2n) is 5.36. The third-order valence-electron chi connectivity index (χ3n) is 3.32. The Morgan fingerprint density at radius 3 is 1.96 bits per heavy atom. The van der Waals surface area contributed by atoms with E-state index in [-0.39, 0.29) is 21.7 Å². The van der Waals surface area contributed by atoms with Gasteiger partial charge in [0.15, 0.2) is 22.4 Å². The van der Waals surface area contributed by atoms with Crippen LogP contribution >= 0.6 is 23.5 Å². The molecule has 0 bridgehead atoms. The molecule has 1 heterocycles. The Kier molecular flexibility index (Phi) is 8.39. The third-order valence-corrected chi connectivity index (χ3v) is 5.17. The number of thioether (sulfide) groups is 2. The zero-order chi connectivity index (χ0) is 19.2. The highest BCUT2D eigenvalue weighted by molar-refractivity contribution is 8.13. The summed E-state index contributed by atoms with van der Waals surface area (Å²) in [7, 11) is 1.35. The number of methoxy groups -OCH3 is 1. The van der Waals surface area contributed by atoms with Crippen LogP contribution in [0.15, 0.2) is 0 Å². The SMILES string of the molecule is CO[C@]1(CSC(C)=O)O[C@H](CSC(C)=O)[C@@H](OC(C)=O)[C@@H]1OC(C)=O. The lowest BCUT2D eigenvalue weighted by Crippen LogP contribution is -2.50. The monoisotopic (exact) mass is 394 g/mol. The van der Waals surface area contributed by atoms with Crippen molar-refractivity contribution in [2.24, 2.45) is 0 Å². The van der Waals surface area contributed by atoms with Crippen molar-refractivity contribution in [1.82, 2.24) is 0 Å². The van der Waals surface area contributed by atoms with Gasteiger partial charge in [0, 0.05) is 40.6 Å². The van der Waals surface area contributed by atoms with Crippen molar-refractivity contribution < 1.29 is 38.1 Å². The molecule has 4 atom stereocenters. The first-order valence-electron chi connectivity index (χ1n) is 7.45. The van der Waals surface area contributed by atoms with Gasteiger partial charge in [0.05, 0.1) is 5.75 Å². The lowest BCUT2D eigenvalue weighted by atomic mass is 10.1. The zero-order valence-electron chi connectivity index (χ0n) is 14.7. The van der Waals surface area contributed by atoms with Crippen LogP contribution in [0.1, 0.15) is 27.7 Å². The molecule has 0 aromatic heterocycles. The first kappa shape index (κ1) is 21.9. The molecule has 1 fully saturated rings. The van der Waals surface area contributed by atoms with Gasteiger partial charge in [-0.25, -0.2) is 0 Å². The lowest BCUT2D eigenvalue weighted by molar-refractivity contribution is -0.234. The Morgan fingerprint density at radius 2 is 1.52 bits per heavy atom. The van der Waals surface area contributed by atoms with Crippen molar-refractivity contribution in [2.75, 3.05) is 18.6 Å². The lowest BCUT2D eigenvalue weighted by Gasteiger charge is -2.32. The molecule has 1 aliphatic heterocycles. The van der Waals surface area contributed by atoms with Gasteiger partial charge in [0.25, 0.3) is 0 Å². The van der Waals surface area contributed by atoms with Crippen LogP contribution in [0.5, 0.6) is 0 Å². The molecule has 10 heteroatoms. The van der Waals surface area contributed by atoms with Crippen LogP contribution in [0.2, 0.25) is 0 Å². The smallest absolute Gasteiger partial charge is 0.303 e. The summed E-state index contributed by atoms with van der Waals surface area (Å²) in [6.07, 6.45) is -2.77. The van der Waals surface area contributed by atoms with E-state index in [9.17, 15) is 19.2 Å². The average molecular weight is 394 g/mol. The number of esters is 2. The molecule has 0 N–H and O–H groups in total. The molecule has 0 aromatic carbocycles. The molecule has 1 saturated heterocycles. The Labute approximate surface area is 154 Å². The predicted molar refractivity (Wildman–Crippen MR) is 92.0 cm³/mol. The van der Waals surface area contributed by atoms with E-state index in [1.807, 2.05) is 0 Å². The van der Waals surface area contributed by atoms with Gasteiger partial charge in [0.1, 0.15) is 6.10 Å². The van der Waals surface area contributed by atoms with Crippen molar-refractivity contribution in [3.8, 4) is 0 Å². The largest absolute Gasteiger partial charge is 0.456 e. The van der Waals surface area contributed by atoms with E-state index >= 15 is 0 Å². The fourth-order valence-corrected chi connectivity index (χ4v) is 3.78. The summed E-state index contributed by atoms with van der Waals surface area (Å²) in [4.78, 5) is 45.6. The molecule has 142 valence electrons. The molecule has 0 radical (unpaired) electrons. The van der Waals surface area contributed by atoms with Gasteiger partial charge in [-0.05, 0) is 0 Å². The van der Waals surface area contributed by atoms with Crippen molar-refractivity contribution in [2.45, 2.75) is 51.8 Å². The second-order valence-corrected chi connectivity index (χ2v) is 7.71. The summed E-state index contributed by atoms with van der Waals surface area (Å²) in [6, 6.07) is 0. The van der Waals surface area contributed by atoms with Crippen molar-refractivity contribution in [3.63, 3.8) is 0 Å². The van der Waals surface area contributed by atoms with Crippen LogP contribution in [0.4, 0.5) is 0 Å². The fourth-order valence-electron chi connectivity index (χ4n) is 2.37. The number of hydrogen-bond donors (Lipinski definition) is 0. The predicted octanol–water partition coefficient (Wildman–Crippen LogP) is 1.15. The van der Waals surface area contributed by atoms with E-state index < -0.39 is 36.0 Å². The average Bonchev–Trinajstić information content (AvgIpc) is 2.76. The van der Waals surface area contributed by atoms with E-state index in [1.165, 1.54) is 34.8 Å². The minimum atomic E-state index is -1.47. The molecular formula is C15H22O8S2. The van der Waals surface area contributed by atoms with Crippen molar-refractivity contribution >= 4 is 45.7 Å². The summed E-state index contributed by atoms with van der Waals surface area (Å²) >= 11 is 1.93. The molecular weight excluding hydrogens is 372 g/mol. The quantitative estimate of drug-likeness (QED) is 0.584. The van der Waals surface area contributed by atoms with Gasteiger partial charge in [0.2, 0.25) is 5.79 Å². The van der Waals surface area contributed by atoms with E-state index in [2.05, 4.69) is 0 Å². The number of carbonyl (C=O) groups excluding carboxylic acids is 4. The number of hydrogen-bond acceptors (Lipinski definition) is 10. The molecule has 0 amide bonds. The third kappa shape index (κ3) is 6.28. The number of ether oxygens (including phenoxy) is 4. The van der Waals surface area contributed by atoms with Crippen LogP contribution < -0.4 is 0 Å².